The second-order valence-electron chi connectivity index (χ2n) is 9.30. The summed E-state index contributed by atoms with van der Waals surface area (Å²) in [7, 11) is 0. The van der Waals surface area contributed by atoms with Crippen LogP contribution in [0.5, 0.6) is 17.2 Å². The first-order chi connectivity index (χ1) is 16.9. The van der Waals surface area contributed by atoms with E-state index in [4.69, 9.17) is 9.47 Å². The van der Waals surface area contributed by atoms with Gasteiger partial charge in [-0.15, -0.1) is 0 Å². The highest BCUT2D eigenvalue weighted by molar-refractivity contribution is 5.95. The summed E-state index contributed by atoms with van der Waals surface area (Å²) in [6.45, 7) is 7.97. The van der Waals surface area contributed by atoms with E-state index in [2.05, 4.69) is 11.8 Å². The van der Waals surface area contributed by atoms with E-state index in [9.17, 15) is 13.9 Å². The van der Waals surface area contributed by atoms with Crippen molar-refractivity contribution in [2.24, 2.45) is 5.92 Å². The quantitative estimate of drug-likeness (QED) is 0.424. The number of likely N-dealkylation sites (tertiary alicyclic amines) is 1. The van der Waals surface area contributed by atoms with Gasteiger partial charge in [-0.2, -0.15) is 0 Å². The highest BCUT2D eigenvalue weighted by Gasteiger charge is 2.30. The molecule has 1 atom stereocenters. The predicted octanol–water partition coefficient (Wildman–Crippen LogP) is 6.46. The second kappa shape index (κ2) is 9.70. The molecule has 0 bridgehead atoms. The van der Waals surface area contributed by atoms with Gasteiger partial charge in [-0.1, -0.05) is 31.5 Å². The average Bonchev–Trinajstić information content (AvgIpc) is 2.83. The van der Waals surface area contributed by atoms with Crippen molar-refractivity contribution in [3.8, 4) is 17.2 Å². The molecule has 2 aliphatic rings. The van der Waals surface area contributed by atoms with Gasteiger partial charge in [0.15, 0.2) is 11.6 Å². The Hall–Kier alpha value is -3.38. The third-order valence-corrected chi connectivity index (χ3v) is 6.98. The van der Waals surface area contributed by atoms with Crippen molar-refractivity contribution in [1.82, 2.24) is 4.90 Å². The van der Waals surface area contributed by atoms with E-state index >= 15 is 0 Å². The smallest absolute Gasteiger partial charge is 0.159 e. The Morgan fingerprint density at radius 3 is 2.49 bits per heavy atom. The van der Waals surface area contributed by atoms with Gasteiger partial charge >= 0.3 is 0 Å². The number of hydrogen-bond acceptors (Lipinski definition) is 4. The summed E-state index contributed by atoms with van der Waals surface area (Å²) in [5, 5.41) is 10.0. The number of halogens is 2. The average molecular weight is 478 g/mol. The van der Waals surface area contributed by atoms with Crippen LogP contribution in [0.1, 0.15) is 43.1 Å². The Bertz CT molecular complexity index is 1250. The lowest BCUT2D eigenvalue weighted by molar-refractivity contribution is 0.0806. The number of phenolic OH excluding ortho intramolecular Hbond substituents is 1. The van der Waals surface area contributed by atoms with Gasteiger partial charge in [0.1, 0.15) is 30.0 Å². The summed E-state index contributed by atoms with van der Waals surface area (Å²) in [6.07, 6.45) is 0.701. The zero-order chi connectivity index (χ0) is 24.5. The van der Waals surface area contributed by atoms with E-state index < -0.39 is 17.7 Å². The molecule has 0 aliphatic carbocycles. The van der Waals surface area contributed by atoms with E-state index in [1.165, 1.54) is 12.5 Å². The third-order valence-electron chi connectivity index (χ3n) is 6.98. The molecule has 1 unspecified atom stereocenters. The van der Waals surface area contributed by atoms with E-state index in [0.717, 1.165) is 59.6 Å². The van der Waals surface area contributed by atoms with Crippen molar-refractivity contribution in [3.05, 3.63) is 89.0 Å². The molecule has 0 saturated carbocycles. The van der Waals surface area contributed by atoms with Crippen LogP contribution in [-0.4, -0.2) is 36.2 Å². The van der Waals surface area contributed by atoms with E-state index in [1.807, 2.05) is 31.2 Å². The van der Waals surface area contributed by atoms with E-state index in [0.29, 0.717) is 17.9 Å². The fourth-order valence-corrected chi connectivity index (χ4v) is 4.86. The summed E-state index contributed by atoms with van der Waals surface area (Å²) in [4.78, 5) is 2.40. The van der Waals surface area contributed by atoms with E-state index in [-0.39, 0.29) is 5.75 Å². The van der Waals surface area contributed by atoms with Crippen molar-refractivity contribution in [2.45, 2.75) is 26.4 Å². The van der Waals surface area contributed by atoms with Crippen LogP contribution >= 0.6 is 0 Å². The number of rotatable bonds is 7. The van der Waals surface area contributed by atoms with Crippen molar-refractivity contribution in [3.63, 3.8) is 0 Å². The molecule has 2 heterocycles. The number of aromatic hydroxyl groups is 1. The summed E-state index contributed by atoms with van der Waals surface area (Å²) in [5.74, 6) is 0.510. The van der Waals surface area contributed by atoms with Crippen molar-refractivity contribution in [2.75, 3.05) is 26.2 Å². The number of fused-ring (bicyclic) bond motifs is 1. The highest BCUT2D eigenvalue weighted by Crippen LogP contribution is 2.47. The van der Waals surface area contributed by atoms with Crippen LogP contribution in [0.2, 0.25) is 0 Å². The molecular formula is C29H29F2NO3. The largest absolute Gasteiger partial charge is 0.508 e. The monoisotopic (exact) mass is 477 g/mol. The first kappa shape index (κ1) is 23.4. The predicted molar refractivity (Wildman–Crippen MR) is 132 cm³/mol. The van der Waals surface area contributed by atoms with E-state index in [1.54, 1.807) is 24.3 Å². The van der Waals surface area contributed by atoms with Gasteiger partial charge in [0.2, 0.25) is 0 Å². The van der Waals surface area contributed by atoms with Gasteiger partial charge in [-0.25, -0.2) is 8.78 Å². The number of nitrogens with zero attached hydrogens (tertiary/aromatic N) is 1. The Morgan fingerprint density at radius 2 is 1.77 bits per heavy atom. The summed E-state index contributed by atoms with van der Waals surface area (Å²) in [6, 6.07) is 16.5. The highest BCUT2D eigenvalue weighted by atomic mass is 19.2. The number of hydrogen-bond donors (Lipinski definition) is 1. The number of benzene rings is 3. The first-order valence-corrected chi connectivity index (χ1v) is 12.0. The summed E-state index contributed by atoms with van der Waals surface area (Å²) >= 11 is 0. The normalized spacial score (nSPS) is 18.1. The van der Waals surface area contributed by atoms with Gasteiger partial charge < -0.3 is 14.6 Å². The molecular weight excluding hydrogens is 448 g/mol. The number of allylic oxidation sites excluding steroid dienone is 1. The maximum atomic E-state index is 14.2. The van der Waals surface area contributed by atoms with Gasteiger partial charge in [-0.3, -0.25) is 4.90 Å². The van der Waals surface area contributed by atoms with Crippen LogP contribution < -0.4 is 9.47 Å². The first-order valence-electron chi connectivity index (χ1n) is 12.0. The summed E-state index contributed by atoms with van der Waals surface area (Å²) < 4.78 is 40.1. The fourth-order valence-electron chi connectivity index (χ4n) is 4.86. The fraction of sp³-hybridized carbons (Fsp3) is 0.310. The minimum atomic E-state index is -0.917. The summed E-state index contributed by atoms with van der Waals surface area (Å²) in [5.41, 5.74) is 3.67. The molecule has 1 saturated heterocycles. The topological polar surface area (TPSA) is 41.9 Å². The van der Waals surface area contributed by atoms with Crippen LogP contribution in [0.15, 0.2) is 60.7 Å². The Morgan fingerprint density at radius 1 is 1.00 bits per heavy atom. The SMILES string of the molecule is CCC1CN(CCOc2ccc(C3Oc4ccc(O)cc4C(C)=C3c3ccc(F)c(F)c3)cc2)C1. The molecule has 0 aromatic heterocycles. The third kappa shape index (κ3) is 4.76. The molecule has 0 radical (unpaired) electrons. The Balaban J connectivity index is 1.40. The molecule has 5 rings (SSSR count). The molecule has 4 nitrogen and oxygen atoms in total. The number of phenols is 1. The molecule has 3 aromatic rings. The lowest BCUT2D eigenvalue weighted by Gasteiger charge is -2.38. The molecule has 35 heavy (non-hydrogen) atoms. The zero-order valence-electron chi connectivity index (χ0n) is 19.9. The molecule has 0 spiro atoms. The van der Waals surface area contributed by atoms with Crippen LogP contribution in [-0.2, 0) is 0 Å². The van der Waals surface area contributed by atoms with Crippen molar-refractivity contribution in [1.29, 1.82) is 0 Å². The molecule has 182 valence electrons. The van der Waals surface area contributed by atoms with Crippen LogP contribution in [0.3, 0.4) is 0 Å². The molecule has 1 N–H and O–H groups in total. The molecule has 2 aliphatic heterocycles. The van der Waals surface area contributed by atoms with Gasteiger partial charge in [-0.05, 0) is 72.0 Å². The molecule has 6 heteroatoms. The number of ether oxygens (including phenoxy) is 2. The molecule has 1 fully saturated rings. The van der Waals surface area contributed by atoms with Crippen molar-refractivity contribution >= 4 is 11.1 Å². The lowest BCUT2D eigenvalue weighted by atomic mass is 9.86. The zero-order valence-corrected chi connectivity index (χ0v) is 19.9. The Labute approximate surface area is 204 Å². The van der Waals surface area contributed by atoms with Crippen LogP contribution in [0.4, 0.5) is 8.78 Å². The molecule has 0 amide bonds. The minimum Gasteiger partial charge on any atom is -0.508 e. The Kier molecular flexibility index (Phi) is 6.48. The van der Waals surface area contributed by atoms with Gasteiger partial charge in [0.05, 0.1) is 0 Å². The maximum Gasteiger partial charge on any atom is 0.159 e. The maximum absolute atomic E-state index is 14.2. The second-order valence-corrected chi connectivity index (χ2v) is 9.30. The lowest BCUT2D eigenvalue weighted by Crippen LogP contribution is -2.47. The van der Waals surface area contributed by atoms with Crippen molar-refractivity contribution < 1.29 is 23.4 Å². The van der Waals surface area contributed by atoms with Gasteiger partial charge in [0.25, 0.3) is 0 Å². The van der Waals surface area contributed by atoms with Crippen LogP contribution in [0.25, 0.3) is 11.1 Å². The van der Waals surface area contributed by atoms with Gasteiger partial charge in [0, 0.05) is 30.8 Å². The molecule has 3 aromatic carbocycles. The standard InChI is InChI=1S/C29H29F2NO3/c1-3-19-16-32(17-19)12-13-34-23-8-4-20(5-9-23)29-28(21-6-10-25(30)26(31)14-21)18(2)24-15-22(33)7-11-27(24)35-29/h4-11,14-15,19,29,33H,3,12-13,16-17H2,1-2H3. The minimum absolute atomic E-state index is 0.111. The van der Waals surface area contributed by atoms with Crippen LogP contribution in [0, 0.1) is 17.6 Å².